The third-order valence-corrected chi connectivity index (χ3v) is 8.06. The van der Waals surface area contributed by atoms with Crippen LogP contribution in [0.2, 0.25) is 0 Å². The summed E-state index contributed by atoms with van der Waals surface area (Å²) in [5.41, 5.74) is 2.95. The Labute approximate surface area is 201 Å². The number of nitrogens with zero attached hydrogens (tertiary/aromatic N) is 2. The van der Waals surface area contributed by atoms with Gasteiger partial charge in [-0.15, -0.1) is 0 Å². The van der Waals surface area contributed by atoms with Crippen LogP contribution in [-0.4, -0.2) is 56.8 Å². The minimum absolute atomic E-state index is 0.0406. The number of carbonyl (C=O) groups is 2. The highest BCUT2D eigenvalue weighted by Crippen LogP contribution is 2.30. The first-order valence-electron chi connectivity index (χ1n) is 11.8. The van der Waals surface area contributed by atoms with E-state index in [2.05, 4.69) is 10.6 Å². The molecule has 2 aromatic carbocycles. The fourth-order valence-corrected chi connectivity index (χ4v) is 6.17. The van der Waals surface area contributed by atoms with E-state index in [0.29, 0.717) is 30.9 Å². The molecule has 8 nitrogen and oxygen atoms in total. The lowest BCUT2D eigenvalue weighted by Crippen LogP contribution is -2.38. The molecule has 1 saturated heterocycles. The van der Waals surface area contributed by atoms with Crippen LogP contribution in [0.5, 0.6) is 0 Å². The fourth-order valence-electron chi connectivity index (χ4n) is 4.60. The number of fused-ring (bicyclic) bond motifs is 1. The predicted octanol–water partition coefficient (Wildman–Crippen LogP) is 3.00. The molecule has 0 radical (unpaired) electrons. The monoisotopic (exact) mass is 484 g/mol. The number of hydrogen-bond acceptors (Lipinski definition) is 5. The van der Waals surface area contributed by atoms with Gasteiger partial charge in [-0.3, -0.25) is 9.59 Å². The van der Waals surface area contributed by atoms with E-state index in [9.17, 15) is 18.0 Å². The van der Waals surface area contributed by atoms with E-state index in [1.165, 1.54) is 10.4 Å². The number of benzene rings is 2. The third kappa shape index (κ3) is 5.26. The second-order valence-corrected chi connectivity index (χ2v) is 11.1. The van der Waals surface area contributed by atoms with Gasteiger partial charge >= 0.3 is 0 Å². The van der Waals surface area contributed by atoms with Gasteiger partial charge < -0.3 is 15.5 Å². The summed E-state index contributed by atoms with van der Waals surface area (Å²) < 4.78 is 27.2. The number of sulfonamides is 1. The number of nitrogens with one attached hydrogen (secondary N) is 2. The predicted molar refractivity (Wildman–Crippen MR) is 133 cm³/mol. The molecule has 0 aromatic heterocycles. The lowest BCUT2D eigenvalue weighted by molar-refractivity contribution is -0.115. The van der Waals surface area contributed by atoms with Crippen molar-refractivity contribution in [1.82, 2.24) is 9.62 Å². The van der Waals surface area contributed by atoms with Crippen molar-refractivity contribution >= 4 is 33.2 Å². The van der Waals surface area contributed by atoms with Crippen molar-refractivity contribution in [2.75, 3.05) is 36.4 Å². The van der Waals surface area contributed by atoms with Crippen LogP contribution < -0.4 is 15.5 Å². The Morgan fingerprint density at radius 2 is 1.74 bits per heavy atom. The van der Waals surface area contributed by atoms with Crippen molar-refractivity contribution in [1.29, 1.82) is 0 Å². The van der Waals surface area contributed by atoms with E-state index >= 15 is 0 Å². The molecule has 0 unspecified atom stereocenters. The van der Waals surface area contributed by atoms with Crippen LogP contribution in [0.25, 0.3) is 0 Å². The summed E-state index contributed by atoms with van der Waals surface area (Å²) in [5.74, 6) is -0.338. The average Bonchev–Trinajstić information content (AvgIpc) is 3.34. The van der Waals surface area contributed by atoms with Gasteiger partial charge in [-0.25, -0.2) is 8.42 Å². The van der Waals surface area contributed by atoms with Crippen molar-refractivity contribution in [3.8, 4) is 0 Å². The van der Waals surface area contributed by atoms with Crippen molar-refractivity contribution < 1.29 is 18.0 Å². The molecule has 0 atom stereocenters. The van der Waals surface area contributed by atoms with Gasteiger partial charge in [0.2, 0.25) is 15.9 Å². The van der Waals surface area contributed by atoms with Gasteiger partial charge in [0.1, 0.15) is 0 Å². The van der Waals surface area contributed by atoms with Gasteiger partial charge in [0.25, 0.3) is 5.91 Å². The highest BCUT2D eigenvalue weighted by atomic mass is 32.2. The van der Waals surface area contributed by atoms with E-state index < -0.39 is 10.0 Å². The van der Waals surface area contributed by atoms with E-state index in [0.717, 1.165) is 36.9 Å². The number of anilines is 2. The molecule has 2 aliphatic rings. The van der Waals surface area contributed by atoms with Gasteiger partial charge in [0, 0.05) is 42.6 Å². The maximum atomic E-state index is 12.9. The Balaban J connectivity index is 1.47. The van der Waals surface area contributed by atoms with E-state index in [1.807, 2.05) is 36.9 Å². The van der Waals surface area contributed by atoms with Crippen LogP contribution in [-0.2, 0) is 21.2 Å². The SMILES string of the molecule is CC(C)NC(=O)c1cccc2c1CCCN2CC(=O)Nc1cccc(S(=O)(=O)N2CCCC2)c1. The topological polar surface area (TPSA) is 98.8 Å². The van der Waals surface area contributed by atoms with Gasteiger partial charge in [-0.2, -0.15) is 4.31 Å². The quantitative estimate of drug-likeness (QED) is 0.630. The molecule has 9 heteroatoms. The van der Waals surface area contributed by atoms with E-state index in [-0.39, 0.29) is 29.3 Å². The highest BCUT2D eigenvalue weighted by molar-refractivity contribution is 7.89. The lowest BCUT2D eigenvalue weighted by Gasteiger charge is -2.32. The minimum atomic E-state index is -3.55. The van der Waals surface area contributed by atoms with Crippen LogP contribution in [0, 0.1) is 0 Å². The molecule has 0 aliphatic carbocycles. The molecule has 34 heavy (non-hydrogen) atoms. The molecule has 2 aliphatic heterocycles. The lowest BCUT2D eigenvalue weighted by atomic mass is 9.95. The minimum Gasteiger partial charge on any atom is -0.362 e. The average molecular weight is 485 g/mol. The summed E-state index contributed by atoms with van der Waals surface area (Å²) in [6.45, 7) is 5.74. The van der Waals surface area contributed by atoms with Crippen molar-refractivity contribution in [3.05, 3.63) is 53.6 Å². The van der Waals surface area contributed by atoms with Crippen molar-refractivity contribution in [2.24, 2.45) is 0 Å². The summed E-state index contributed by atoms with van der Waals surface area (Å²) in [7, 11) is -3.55. The standard InChI is InChI=1S/C25H32N4O4S/c1-18(2)26-25(31)22-10-6-12-23-21(22)11-7-13-28(23)17-24(30)27-19-8-5-9-20(16-19)34(32,33)29-14-3-4-15-29/h5-6,8-10,12,16,18H,3-4,7,11,13-15,17H2,1-2H3,(H,26,31)(H,27,30). The van der Waals surface area contributed by atoms with Gasteiger partial charge in [0.05, 0.1) is 11.4 Å². The van der Waals surface area contributed by atoms with Crippen LogP contribution in [0.4, 0.5) is 11.4 Å². The largest absolute Gasteiger partial charge is 0.362 e. The molecular weight excluding hydrogens is 452 g/mol. The maximum absolute atomic E-state index is 12.9. The Bertz CT molecular complexity index is 1170. The number of carbonyl (C=O) groups excluding carboxylic acids is 2. The first-order chi connectivity index (χ1) is 16.3. The number of hydrogen-bond donors (Lipinski definition) is 2. The molecule has 1 fully saturated rings. The molecule has 4 rings (SSSR count). The van der Waals surface area contributed by atoms with Crippen LogP contribution >= 0.6 is 0 Å². The molecule has 2 aromatic rings. The molecule has 0 spiro atoms. The summed E-state index contributed by atoms with van der Waals surface area (Å²) >= 11 is 0. The normalized spacial score (nSPS) is 16.4. The first kappa shape index (κ1) is 24.2. The first-order valence-corrected chi connectivity index (χ1v) is 13.3. The van der Waals surface area contributed by atoms with Crippen LogP contribution in [0.15, 0.2) is 47.4 Å². The highest BCUT2D eigenvalue weighted by Gasteiger charge is 2.28. The Morgan fingerprint density at radius 3 is 2.47 bits per heavy atom. The zero-order chi connectivity index (χ0) is 24.3. The summed E-state index contributed by atoms with van der Waals surface area (Å²) in [6.07, 6.45) is 3.36. The summed E-state index contributed by atoms with van der Waals surface area (Å²) in [5, 5.41) is 5.79. The molecule has 2 heterocycles. The molecule has 0 bridgehead atoms. The zero-order valence-corrected chi connectivity index (χ0v) is 20.5. The number of amides is 2. The zero-order valence-electron chi connectivity index (χ0n) is 19.7. The molecule has 2 N–H and O–H groups in total. The third-order valence-electron chi connectivity index (χ3n) is 6.17. The maximum Gasteiger partial charge on any atom is 0.251 e. The van der Waals surface area contributed by atoms with Crippen molar-refractivity contribution in [3.63, 3.8) is 0 Å². The van der Waals surface area contributed by atoms with Gasteiger partial charge in [0.15, 0.2) is 0 Å². The van der Waals surface area contributed by atoms with Gasteiger partial charge in [-0.1, -0.05) is 12.1 Å². The second kappa shape index (κ2) is 10.1. The fraction of sp³-hybridized carbons (Fsp3) is 0.440. The Hall–Kier alpha value is -2.91. The van der Waals surface area contributed by atoms with Crippen LogP contribution in [0.3, 0.4) is 0 Å². The number of rotatable bonds is 7. The molecule has 0 saturated carbocycles. The smallest absolute Gasteiger partial charge is 0.251 e. The van der Waals surface area contributed by atoms with E-state index in [1.54, 1.807) is 18.2 Å². The van der Waals surface area contributed by atoms with E-state index in [4.69, 9.17) is 0 Å². The summed E-state index contributed by atoms with van der Waals surface area (Å²) in [6, 6.07) is 12.1. The molecule has 2 amide bonds. The molecule has 182 valence electrons. The molecular formula is C25H32N4O4S. The van der Waals surface area contributed by atoms with Gasteiger partial charge in [-0.05, 0) is 75.4 Å². The van der Waals surface area contributed by atoms with Crippen molar-refractivity contribution in [2.45, 2.75) is 50.5 Å². The second-order valence-electron chi connectivity index (χ2n) is 9.14. The summed E-state index contributed by atoms with van der Waals surface area (Å²) in [4.78, 5) is 27.7. The Kier molecular flexibility index (Phi) is 7.23. The van der Waals surface area contributed by atoms with Crippen LogP contribution in [0.1, 0.15) is 49.0 Å². The Morgan fingerprint density at radius 1 is 1.00 bits per heavy atom.